The van der Waals surface area contributed by atoms with E-state index < -0.39 is 0 Å². The van der Waals surface area contributed by atoms with Gasteiger partial charge in [0.15, 0.2) is 11.5 Å². The fourth-order valence-corrected chi connectivity index (χ4v) is 3.39. The second-order valence-corrected chi connectivity index (χ2v) is 6.66. The van der Waals surface area contributed by atoms with Gasteiger partial charge in [0.25, 0.3) is 0 Å². The standard InChI is InChI=1S/C19H19ClN2O4/c20-15-7-12(8-17-18(15)25-6-5-24-17)10-21-19(23)22-14-9-13-3-1-2-4-16(13)26-11-14/h1-4,7-8,14H,5-6,9-11H2,(H2,21,22,23)/t14-/m0/s1. The summed E-state index contributed by atoms with van der Waals surface area (Å²) >= 11 is 6.22. The van der Waals surface area contributed by atoms with Gasteiger partial charge >= 0.3 is 6.03 Å². The number of amides is 2. The zero-order chi connectivity index (χ0) is 17.9. The van der Waals surface area contributed by atoms with Crippen molar-refractivity contribution in [3.05, 3.63) is 52.5 Å². The van der Waals surface area contributed by atoms with Gasteiger partial charge in [-0.15, -0.1) is 0 Å². The summed E-state index contributed by atoms with van der Waals surface area (Å²) in [5.74, 6) is 2.05. The molecule has 0 radical (unpaired) electrons. The first kappa shape index (κ1) is 16.8. The van der Waals surface area contributed by atoms with Crippen LogP contribution in [-0.2, 0) is 13.0 Å². The third kappa shape index (κ3) is 3.65. The highest BCUT2D eigenvalue weighted by Crippen LogP contribution is 2.38. The van der Waals surface area contributed by atoms with Gasteiger partial charge in [-0.1, -0.05) is 29.8 Å². The second kappa shape index (κ2) is 7.33. The molecule has 0 aliphatic carbocycles. The van der Waals surface area contributed by atoms with Crippen LogP contribution >= 0.6 is 11.6 Å². The Kier molecular flexibility index (Phi) is 4.75. The largest absolute Gasteiger partial charge is 0.491 e. The van der Waals surface area contributed by atoms with Crippen molar-refractivity contribution in [2.75, 3.05) is 19.8 Å². The van der Waals surface area contributed by atoms with E-state index in [0.29, 0.717) is 42.9 Å². The lowest BCUT2D eigenvalue weighted by Gasteiger charge is -2.26. The normalized spacial score (nSPS) is 17.7. The van der Waals surface area contributed by atoms with E-state index in [2.05, 4.69) is 10.6 Å². The summed E-state index contributed by atoms with van der Waals surface area (Å²) in [7, 11) is 0. The Morgan fingerprint density at radius 1 is 1.12 bits per heavy atom. The van der Waals surface area contributed by atoms with Gasteiger partial charge in [-0.25, -0.2) is 4.79 Å². The smallest absolute Gasteiger partial charge is 0.315 e. The monoisotopic (exact) mass is 374 g/mol. The Balaban J connectivity index is 1.33. The number of urea groups is 1. The average Bonchev–Trinajstić information content (AvgIpc) is 2.66. The number of hydrogen-bond donors (Lipinski definition) is 2. The Morgan fingerprint density at radius 3 is 2.88 bits per heavy atom. The summed E-state index contributed by atoms with van der Waals surface area (Å²) < 4.78 is 16.7. The van der Waals surface area contributed by atoms with Crippen molar-refractivity contribution < 1.29 is 19.0 Å². The molecule has 0 fully saturated rings. The van der Waals surface area contributed by atoms with Crippen LogP contribution in [0.5, 0.6) is 17.2 Å². The fraction of sp³-hybridized carbons (Fsp3) is 0.316. The molecule has 0 spiro atoms. The maximum atomic E-state index is 12.2. The number of fused-ring (bicyclic) bond motifs is 2. The summed E-state index contributed by atoms with van der Waals surface area (Å²) in [6, 6.07) is 11.2. The van der Waals surface area contributed by atoms with Crippen LogP contribution in [0.25, 0.3) is 0 Å². The van der Waals surface area contributed by atoms with Gasteiger partial charge in [0.2, 0.25) is 0 Å². The first-order valence-electron chi connectivity index (χ1n) is 8.52. The summed E-state index contributed by atoms with van der Waals surface area (Å²) in [5, 5.41) is 6.27. The Bertz CT molecular complexity index is 827. The van der Waals surface area contributed by atoms with E-state index >= 15 is 0 Å². The van der Waals surface area contributed by atoms with E-state index in [1.54, 1.807) is 6.07 Å². The van der Waals surface area contributed by atoms with E-state index in [0.717, 1.165) is 23.3 Å². The minimum Gasteiger partial charge on any atom is -0.491 e. The molecule has 2 N–H and O–H groups in total. The number of halogens is 1. The van der Waals surface area contributed by atoms with Crippen LogP contribution in [0, 0.1) is 0 Å². The van der Waals surface area contributed by atoms with Gasteiger partial charge in [-0.3, -0.25) is 0 Å². The Labute approximate surface area is 156 Å². The first-order chi connectivity index (χ1) is 12.7. The van der Waals surface area contributed by atoms with Crippen LogP contribution < -0.4 is 24.8 Å². The van der Waals surface area contributed by atoms with Crippen LogP contribution in [0.2, 0.25) is 5.02 Å². The van der Waals surface area contributed by atoms with Crippen molar-refractivity contribution in [1.29, 1.82) is 0 Å². The Hall–Kier alpha value is -2.60. The number of para-hydroxylation sites is 1. The van der Waals surface area contributed by atoms with E-state index in [-0.39, 0.29) is 12.1 Å². The Morgan fingerprint density at radius 2 is 1.96 bits per heavy atom. The van der Waals surface area contributed by atoms with E-state index in [1.807, 2.05) is 30.3 Å². The first-order valence-corrected chi connectivity index (χ1v) is 8.90. The molecule has 0 saturated carbocycles. The number of carbonyl (C=O) groups excluding carboxylic acids is 1. The second-order valence-electron chi connectivity index (χ2n) is 6.25. The molecule has 0 bridgehead atoms. The molecular weight excluding hydrogens is 356 g/mol. The highest BCUT2D eigenvalue weighted by molar-refractivity contribution is 6.32. The van der Waals surface area contributed by atoms with Crippen LogP contribution in [0.15, 0.2) is 36.4 Å². The maximum absolute atomic E-state index is 12.2. The lowest BCUT2D eigenvalue weighted by atomic mass is 10.0. The van der Waals surface area contributed by atoms with Crippen molar-refractivity contribution >= 4 is 17.6 Å². The molecule has 6 nitrogen and oxygen atoms in total. The molecule has 4 rings (SSSR count). The molecule has 136 valence electrons. The number of benzene rings is 2. The third-order valence-electron chi connectivity index (χ3n) is 4.32. The summed E-state index contributed by atoms with van der Waals surface area (Å²) in [4.78, 5) is 12.2. The molecular formula is C19H19ClN2O4. The van der Waals surface area contributed by atoms with Crippen molar-refractivity contribution in [3.63, 3.8) is 0 Å². The average molecular weight is 375 g/mol. The zero-order valence-electron chi connectivity index (χ0n) is 14.1. The molecule has 2 amide bonds. The number of hydrogen-bond acceptors (Lipinski definition) is 4. The molecule has 0 unspecified atom stereocenters. The van der Waals surface area contributed by atoms with Crippen molar-refractivity contribution in [2.45, 2.75) is 19.0 Å². The fourth-order valence-electron chi connectivity index (χ4n) is 3.11. The summed E-state index contributed by atoms with van der Waals surface area (Å²) in [6.45, 7) is 1.77. The lowest BCUT2D eigenvalue weighted by Crippen LogP contribution is -2.47. The molecule has 1 atom stereocenters. The van der Waals surface area contributed by atoms with E-state index in [9.17, 15) is 4.79 Å². The number of carbonyl (C=O) groups is 1. The van der Waals surface area contributed by atoms with Crippen molar-refractivity contribution in [3.8, 4) is 17.2 Å². The van der Waals surface area contributed by atoms with Crippen LogP contribution in [0.1, 0.15) is 11.1 Å². The molecule has 7 heteroatoms. The van der Waals surface area contributed by atoms with E-state index in [4.69, 9.17) is 25.8 Å². The van der Waals surface area contributed by atoms with Gasteiger partial charge in [0.1, 0.15) is 25.6 Å². The van der Waals surface area contributed by atoms with E-state index in [1.165, 1.54) is 0 Å². The SMILES string of the molecule is O=C(NCc1cc(Cl)c2c(c1)OCCO2)N[C@@H]1COc2ccccc2C1. The molecule has 2 heterocycles. The number of nitrogens with one attached hydrogen (secondary N) is 2. The summed E-state index contributed by atoms with van der Waals surface area (Å²) in [5.41, 5.74) is 1.95. The van der Waals surface area contributed by atoms with Gasteiger partial charge in [0, 0.05) is 6.54 Å². The lowest BCUT2D eigenvalue weighted by molar-refractivity contribution is 0.171. The number of ether oxygens (including phenoxy) is 3. The van der Waals surface area contributed by atoms with Crippen molar-refractivity contribution in [1.82, 2.24) is 10.6 Å². The van der Waals surface area contributed by atoms with Gasteiger partial charge in [-0.05, 0) is 35.7 Å². The topological polar surface area (TPSA) is 68.8 Å². The predicted octanol–water partition coefficient (Wildman–Crippen LogP) is 2.91. The van der Waals surface area contributed by atoms with Crippen molar-refractivity contribution in [2.24, 2.45) is 0 Å². The zero-order valence-corrected chi connectivity index (χ0v) is 14.8. The van der Waals surface area contributed by atoms with Gasteiger partial charge in [-0.2, -0.15) is 0 Å². The summed E-state index contributed by atoms with van der Waals surface area (Å²) in [6.07, 6.45) is 0.749. The highest BCUT2D eigenvalue weighted by atomic mass is 35.5. The molecule has 26 heavy (non-hydrogen) atoms. The number of rotatable bonds is 3. The highest BCUT2D eigenvalue weighted by Gasteiger charge is 2.21. The maximum Gasteiger partial charge on any atom is 0.315 e. The molecule has 0 aromatic heterocycles. The van der Waals surface area contributed by atoms with Gasteiger partial charge < -0.3 is 24.8 Å². The molecule has 2 aliphatic heterocycles. The molecule has 2 aromatic carbocycles. The van der Waals surface area contributed by atoms with Crippen LogP contribution in [-0.4, -0.2) is 31.9 Å². The third-order valence-corrected chi connectivity index (χ3v) is 4.60. The van der Waals surface area contributed by atoms with Crippen LogP contribution in [0.4, 0.5) is 4.79 Å². The van der Waals surface area contributed by atoms with Gasteiger partial charge in [0.05, 0.1) is 11.1 Å². The molecule has 2 aromatic rings. The molecule has 2 aliphatic rings. The minimum absolute atomic E-state index is 0.0613. The molecule has 0 saturated heterocycles. The van der Waals surface area contributed by atoms with Crippen LogP contribution in [0.3, 0.4) is 0 Å². The predicted molar refractivity (Wildman–Crippen MR) is 97.2 cm³/mol. The quantitative estimate of drug-likeness (QED) is 0.866. The minimum atomic E-state index is -0.246.